The fourth-order valence-corrected chi connectivity index (χ4v) is 4.34. The van der Waals surface area contributed by atoms with Crippen molar-refractivity contribution in [2.24, 2.45) is 0 Å². The normalized spacial score (nSPS) is 27.3. The Morgan fingerprint density at radius 3 is 3.14 bits per heavy atom. The van der Waals surface area contributed by atoms with Gasteiger partial charge in [-0.2, -0.15) is 5.26 Å². The van der Waals surface area contributed by atoms with Gasteiger partial charge in [-0.25, -0.2) is 0 Å². The minimum absolute atomic E-state index is 0.0495. The van der Waals surface area contributed by atoms with Gasteiger partial charge in [0.25, 0.3) is 0 Å². The molecule has 2 aliphatic heterocycles. The summed E-state index contributed by atoms with van der Waals surface area (Å²) < 4.78 is 0. The van der Waals surface area contributed by atoms with E-state index in [1.165, 1.54) is 0 Å². The number of hydrogen-bond acceptors (Lipinski definition) is 4. The van der Waals surface area contributed by atoms with Crippen molar-refractivity contribution < 1.29 is 9.59 Å². The van der Waals surface area contributed by atoms with Crippen molar-refractivity contribution in [3.05, 3.63) is 29.8 Å². The van der Waals surface area contributed by atoms with E-state index in [0.717, 1.165) is 6.42 Å². The lowest BCUT2D eigenvalue weighted by Gasteiger charge is -2.29. The molecule has 2 aliphatic rings. The molecule has 1 aromatic rings. The molecule has 2 atom stereocenters. The molecule has 0 spiro atoms. The van der Waals surface area contributed by atoms with Crippen LogP contribution in [0.3, 0.4) is 0 Å². The average Bonchev–Trinajstić information content (AvgIpc) is 2.96. The Morgan fingerprint density at radius 1 is 1.57 bits per heavy atom. The van der Waals surface area contributed by atoms with Gasteiger partial charge >= 0.3 is 0 Å². The Hall–Kier alpha value is -2.00. The number of carbonyl (C=O) groups excluding carboxylic acids is 2. The summed E-state index contributed by atoms with van der Waals surface area (Å²) in [5, 5.41) is 11.7. The van der Waals surface area contributed by atoms with Crippen molar-refractivity contribution in [3.63, 3.8) is 0 Å². The number of hydrogen-bond donors (Lipinski definition) is 1. The standard InChI is InChI=1S/C15H15N3O2S/c1-15-6-5-13(19)18(15)12(9-21-15)14(20)17-11-4-2-3-10(7-11)8-16/h2-4,7,12H,5-6,9H2,1H3,(H,17,20)/t12-,15-/m0/s1. The van der Waals surface area contributed by atoms with Gasteiger partial charge in [-0.3, -0.25) is 9.59 Å². The van der Waals surface area contributed by atoms with E-state index < -0.39 is 6.04 Å². The first-order valence-corrected chi connectivity index (χ1v) is 7.79. The van der Waals surface area contributed by atoms with Gasteiger partial charge in [0, 0.05) is 17.9 Å². The molecule has 108 valence electrons. The number of anilines is 1. The van der Waals surface area contributed by atoms with Crippen LogP contribution in [0.5, 0.6) is 0 Å². The van der Waals surface area contributed by atoms with Crippen molar-refractivity contribution in [1.82, 2.24) is 4.90 Å². The molecule has 2 fully saturated rings. The Bertz CT molecular complexity index is 655. The zero-order chi connectivity index (χ0) is 15.0. The third kappa shape index (κ3) is 2.38. The fourth-order valence-electron chi connectivity index (χ4n) is 2.91. The van der Waals surface area contributed by atoms with Crippen LogP contribution >= 0.6 is 11.8 Å². The van der Waals surface area contributed by atoms with E-state index in [-0.39, 0.29) is 16.7 Å². The topological polar surface area (TPSA) is 73.2 Å². The minimum Gasteiger partial charge on any atom is -0.324 e. The quantitative estimate of drug-likeness (QED) is 0.906. The summed E-state index contributed by atoms with van der Waals surface area (Å²) >= 11 is 1.67. The highest BCUT2D eigenvalue weighted by atomic mass is 32.2. The molecule has 0 unspecified atom stereocenters. The molecule has 2 heterocycles. The van der Waals surface area contributed by atoms with Crippen LogP contribution in [0.4, 0.5) is 5.69 Å². The maximum atomic E-state index is 12.4. The summed E-state index contributed by atoms with van der Waals surface area (Å²) in [5.74, 6) is 0.483. The number of nitriles is 1. The van der Waals surface area contributed by atoms with E-state index in [0.29, 0.717) is 23.4 Å². The average molecular weight is 301 g/mol. The lowest BCUT2D eigenvalue weighted by Crippen LogP contribution is -2.48. The summed E-state index contributed by atoms with van der Waals surface area (Å²) in [6, 6.07) is 8.39. The zero-order valence-electron chi connectivity index (χ0n) is 11.6. The highest BCUT2D eigenvalue weighted by Gasteiger charge is 2.52. The molecule has 2 amide bonds. The molecule has 1 aromatic carbocycles. The molecule has 0 aromatic heterocycles. The molecule has 0 saturated carbocycles. The van der Waals surface area contributed by atoms with Gasteiger partial charge in [-0.15, -0.1) is 11.8 Å². The molecule has 6 heteroatoms. The monoisotopic (exact) mass is 301 g/mol. The predicted molar refractivity (Wildman–Crippen MR) is 80.5 cm³/mol. The number of nitrogens with zero attached hydrogens (tertiary/aromatic N) is 2. The zero-order valence-corrected chi connectivity index (χ0v) is 12.4. The van der Waals surface area contributed by atoms with Crippen LogP contribution in [0.2, 0.25) is 0 Å². The molecular formula is C15H15N3O2S. The summed E-state index contributed by atoms with van der Waals surface area (Å²) in [5.41, 5.74) is 1.08. The van der Waals surface area contributed by atoms with Crippen LogP contribution in [0.1, 0.15) is 25.3 Å². The fraction of sp³-hybridized carbons (Fsp3) is 0.400. The molecule has 21 heavy (non-hydrogen) atoms. The van der Waals surface area contributed by atoms with Crippen LogP contribution < -0.4 is 5.32 Å². The van der Waals surface area contributed by atoms with E-state index in [9.17, 15) is 9.59 Å². The first-order valence-electron chi connectivity index (χ1n) is 6.81. The van der Waals surface area contributed by atoms with Crippen LogP contribution in [-0.4, -0.2) is 33.4 Å². The molecule has 1 N–H and O–H groups in total. The number of benzene rings is 1. The second-order valence-corrected chi connectivity index (χ2v) is 6.95. The predicted octanol–water partition coefficient (Wildman–Crippen LogP) is 1.95. The molecule has 0 aliphatic carbocycles. The number of fused-ring (bicyclic) bond motifs is 1. The Labute approximate surface area is 127 Å². The lowest BCUT2D eigenvalue weighted by molar-refractivity contribution is -0.135. The van der Waals surface area contributed by atoms with Crippen molar-refractivity contribution in [1.29, 1.82) is 5.26 Å². The number of rotatable bonds is 2. The molecule has 0 radical (unpaired) electrons. The smallest absolute Gasteiger partial charge is 0.248 e. The third-order valence-corrected chi connectivity index (χ3v) is 5.51. The van der Waals surface area contributed by atoms with Gasteiger partial charge in [-0.1, -0.05) is 6.07 Å². The molecular weight excluding hydrogens is 286 g/mol. The lowest BCUT2D eigenvalue weighted by atomic mass is 10.2. The number of nitrogens with one attached hydrogen (secondary N) is 1. The van der Waals surface area contributed by atoms with Crippen molar-refractivity contribution in [2.45, 2.75) is 30.7 Å². The van der Waals surface area contributed by atoms with E-state index in [4.69, 9.17) is 5.26 Å². The second kappa shape index (κ2) is 5.08. The highest BCUT2D eigenvalue weighted by Crippen LogP contribution is 2.47. The van der Waals surface area contributed by atoms with Crippen molar-refractivity contribution in [3.8, 4) is 6.07 Å². The Morgan fingerprint density at radius 2 is 2.38 bits per heavy atom. The van der Waals surface area contributed by atoms with Crippen LogP contribution in [0, 0.1) is 11.3 Å². The highest BCUT2D eigenvalue weighted by molar-refractivity contribution is 8.01. The minimum atomic E-state index is -0.430. The van der Waals surface area contributed by atoms with Gasteiger partial charge in [0.2, 0.25) is 11.8 Å². The van der Waals surface area contributed by atoms with E-state index in [2.05, 4.69) is 5.32 Å². The summed E-state index contributed by atoms with van der Waals surface area (Å²) in [7, 11) is 0. The van der Waals surface area contributed by atoms with Gasteiger partial charge in [0.1, 0.15) is 6.04 Å². The third-order valence-electron chi connectivity index (χ3n) is 4.01. The first-order chi connectivity index (χ1) is 10.0. The number of amides is 2. The maximum absolute atomic E-state index is 12.4. The molecule has 5 nitrogen and oxygen atoms in total. The van der Waals surface area contributed by atoms with Crippen molar-refractivity contribution >= 4 is 29.3 Å². The van der Waals surface area contributed by atoms with Gasteiger partial charge in [-0.05, 0) is 31.5 Å². The second-order valence-electron chi connectivity index (χ2n) is 5.45. The van der Waals surface area contributed by atoms with E-state index >= 15 is 0 Å². The van der Waals surface area contributed by atoms with Crippen LogP contribution in [0.15, 0.2) is 24.3 Å². The SMILES string of the molecule is C[C@]12CCC(=O)N1[C@H](C(=O)Nc1cccc(C#N)c1)CS2. The summed E-state index contributed by atoms with van der Waals surface area (Å²) in [4.78, 5) is 25.9. The Balaban J connectivity index is 1.77. The van der Waals surface area contributed by atoms with Crippen LogP contribution in [-0.2, 0) is 9.59 Å². The maximum Gasteiger partial charge on any atom is 0.248 e. The van der Waals surface area contributed by atoms with Crippen LogP contribution in [0.25, 0.3) is 0 Å². The largest absolute Gasteiger partial charge is 0.324 e. The summed E-state index contributed by atoms with van der Waals surface area (Å²) in [6.45, 7) is 2.02. The first kappa shape index (κ1) is 14.0. The van der Waals surface area contributed by atoms with Crippen molar-refractivity contribution in [2.75, 3.05) is 11.1 Å². The van der Waals surface area contributed by atoms with E-state index in [1.807, 2.05) is 13.0 Å². The van der Waals surface area contributed by atoms with Gasteiger partial charge in [0.15, 0.2) is 0 Å². The van der Waals surface area contributed by atoms with E-state index in [1.54, 1.807) is 40.9 Å². The van der Waals surface area contributed by atoms with Gasteiger partial charge < -0.3 is 10.2 Å². The molecule has 3 rings (SSSR count). The number of thioether (sulfide) groups is 1. The van der Waals surface area contributed by atoms with Gasteiger partial charge in [0.05, 0.1) is 16.5 Å². The molecule has 0 bridgehead atoms. The number of carbonyl (C=O) groups is 2. The molecule has 2 saturated heterocycles. The summed E-state index contributed by atoms with van der Waals surface area (Å²) in [6.07, 6.45) is 1.31. The Kier molecular flexibility index (Phi) is 3.38.